The average molecular weight is 311 g/mol. The highest BCUT2D eigenvalue weighted by atomic mass is 32.2. The van der Waals surface area contributed by atoms with Gasteiger partial charge in [-0.1, -0.05) is 17.3 Å². The maximum absolute atomic E-state index is 12.3. The van der Waals surface area contributed by atoms with E-state index >= 15 is 0 Å². The number of aliphatic hydroxyl groups excluding tert-OH is 1. The number of rotatable bonds is 6. The molecule has 2 N–H and O–H groups in total. The van der Waals surface area contributed by atoms with Crippen molar-refractivity contribution in [2.24, 2.45) is 0 Å². The molecule has 1 aromatic carbocycles. The van der Waals surface area contributed by atoms with Crippen LogP contribution < -0.4 is 4.72 Å². The third-order valence-corrected chi connectivity index (χ3v) is 4.54. The monoisotopic (exact) mass is 311 g/mol. The predicted octanol–water partition coefficient (Wildman–Crippen LogP) is 0.700. The van der Waals surface area contributed by atoms with E-state index in [1.807, 2.05) is 0 Å². The van der Waals surface area contributed by atoms with Gasteiger partial charge in [-0.3, -0.25) is 0 Å². The first-order chi connectivity index (χ1) is 9.92. The minimum atomic E-state index is -3.63. The van der Waals surface area contributed by atoms with Crippen molar-refractivity contribution in [1.29, 1.82) is 0 Å². The van der Waals surface area contributed by atoms with Crippen molar-refractivity contribution in [3.8, 4) is 0 Å². The maximum atomic E-state index is 12.3. The molecule has 0 unspecified atom stereocenters. The summed E-state index contributed by atoms with van der Waals surface area (Å²) in [6, 6.07) is 4.83. The zero-order valence-electron chi connectivity index (χ0n) is 11.8. The largest absolute Gasteiger partial charge is 0.392 e. The van der Waals surface area contributed by atoms with Gasteiger partial charge < -0.3 is 9.63 Å². The number of aryl methyl sites for hydroxylation is 2. The first-order valence-electron chi connectivity index (χ1n) is 6.41. The smallest absolute Gasteiger partial charge is 0.240 e. The standard InChI is InChI=1S/C13H17N3O4S/c1-9-3-4-11(8-17)7-12(9)21(18,19)14-6-5-13-15-10(2)20-16-13/h3-4,7,14,17H,5-6,8H2,1-2H3. The normalized spacial score (nSPS) is 11.8. The predicted molar refractivity (Wildman–Crippen MR) is 75.0 cm³/mol. The maximum Gasteiger partial charge on any atom is 0.240 e. The van der Waals surface area contributed by atoms with Crippen LogP contribution >= 0.6 is 0 Å². The molecule has 0 atom stereocenters. The number of benzene rings is 1. The summed E-state index contributed by atoms with van der Waals surface area (Å²) in [4.78, 5) is 4.17. The van der Waals surface area contributed by atoms with Gasteiger partial charge in [-0.2, -0.15) is 4.98 Å². The zero-order chi connectivity index (χ0) is 15.5. The van der Waals surface area contributed by atoms with Crippen LogP contribution in [0.3, 0.4) is 0 Å². The van der Waals surface area contributed by atoms with E-state index in [1.165, 1.54) is 6.07 Å². The molecule has 0 radical (unpaired) electrons. The molecule has 1 heterocycles. The van der Waals surface area contributed by atoms with Crippen LogP contribution in [0.1, 0.15) is 22.8 Å². The Labute approximate surface area is 123 Å². The van der Waals surface area contributed by atoms with Crippen LogP contribution in [-0.2, 0) is 23.1 Å². The fraction of sp³-hybridized carbons (Fsp3) is 0.385. The minimum absolute atomic E-state index is 0.165. The Hall–Kier alpha value is -1.77. The molecule has 0 bridgehead atoms. The molecule has 0 saturated heterocycles. The molecule has 21 heavy (non-hydrogen) atoms. The molecule has 8 heteroatoms. The number of hydrogen-bond acceptors (Lipinski definition) is 6. The number of nitrogens with zero attached hydrogens (tertiary/aromatic N) is 2. The van der Waals surface area contributed by atoms with Crippen LogP contribution in [0.25, 0.3) is 0 Å². The molecule has 0 fully saturated rings. The van der Waals surface area contributed by atoms with Crippen molar-refractivity contribution in [2.45, 2.75) is 31.8 Å². The quantitative estimate of drug-likeness (QED) is 0.813. The van der Waals surface area contributed by atoms with E-state index in [2.05, 4.69) is 14.9 Å². The van der Waals surface area contributed by atoms with E-state index in [0.717, 1.165) is 0 Å². The van der Waals surface area contributed by atoms with E-state index in [1.54, 1.807) is 26.0 Å². The molecule has 0 saturated carbocycles. The highest BCUT2D eigenvalue weighted by molar-refractivity contribution is 7.89. The van der Waals surface area contributed by atoms with Crippen molar-refractivity contribution in [3.63, 3.8) is 0 Å². The Morgan fingerprint density at radius 3 is 2.71 bits per heavy atom. The molecule has 0 aliphatic carbocycles. The molecule has 2 rings (SSSR count). The van der Waals surface area contributed by atoms with Gasteiger partial charge in [-0.25, -0.2) is 13.1 Å². The molecule has 0 aliphatic heterocycles. The van der Waals surface area contributed by atoms with Gasteiger partial charge in [0.15, 0.2) is 5.82 Å². The molecule has 114 valence electrons. The van der Waals surface area contributed by atoms with E-state index in [-0.39, 0.29) is 18.0 Å². The van der Waals surface area contributed by atoms with Crippen molar-refractivity contribution >= 4 is 10.0 Å². The Morgan fingerprint density at radius 2 is 2.10 bits per heavy atom. The van der Waals surface area contributed by atoms with Crippen LogP contribution in [0.5, 0.6) is 0 Å². The van der Waals surface area contributed by atoms with E-state index in [4.69, 9.17) is 9.63 Å². The molecule has 0 spiro atoms. The van der Waals surface area contributed by atoms with Crippen molar-refractivity contribution < 1.29 is 18.0 Å². The van der Waals surface area contributed by atoms with Crippen LogP contribution in [0.15, 0.2) is 27.6 Å². The lowest BCUT2D eigenvalue weighted by atomic mass is 10.2. The summed E-state index contributed by atoms with van der Waals surface area (Å²) in [6.45, 7) is 3.34. The average Bonchev–Trinajstić information content (AvgIpc) is 2.84. The summed E-state index contributed by atoms with van der Waals surface area (Å²) in [5.74, 6) is 0.898. The second kappa shape index (κ2) is 6.33. The highest BCUT2D eigenvalue weighted by Crippen LogP contribution is 2.17. The Kier molecular flexibility index (Phi) is 4.71. The van der Waals surface area contributed by atoms with Gasteiger partial charge in [-0.15, -0.1) is 0 Å². The highest BCUT2D eigenvalue weighted by Gasteiger charge is 2.17. The summed E-state index contributed by atoms with van der Waals surface area (Å²) in [7, 11) is -3.63. The summed E-state index contributed by atoms with van der Waals surface area (Å²) in [5, 5.41) is 12.8. The Balaban J connectivity index is 2.07. The first kappa shape index (κ1) is 15.6. The number of sulfonamides is 1. The van der Waals surface area contributed by atoms with Gasteiger partial charge in [0, 0.05) is 19.9 Å². The SMILES string of the molecule is Cc1nc(CCNS(=O)(=O)c2cc(CO)ccc2C)no1. The third kappa shape index (κ3) is 3.87. The molecule has 2 aromatic rings. The number of aliphatic hydroxyl groups is 1. The van der Waals surface area contributed by atoms with E-state index in [0.29, 0.717) is 29.3 Å². The van der Waals surface area contributed by atoms with Crippen LogP contribution in [0, 0.1) is 13.8 Å². The molecule has 0 amide bonds. The van der Waals surface area contributed by atoms with Gasteiger partial charge in [0.25, 0.3) is 0 Å². The lowest BCUT2D eigenvalue weighted by Crippen LogP contribution is -2.27. The second-order valence-electron chi connectivity index (χ2n) is 4.64. The molecule has 7 nitrogen and oxygen atoms in total. The van der Waals surface area contributed by atoms with Gasteiger partial charge >= 0.3 is 0 Å². The van der Waals surface area contributed by atoms with E-state index in [9.17, 15) is 8.42 Å². The summed E-state index contributed by atoms with van der Waals surface area (Å²) in [5.41, 5.74) is 1.17. The Morgan fingerprint density at radius 1 is 1.33 bits per heavy atom. The van der Waals surface area contributed by atoms with Gasteiger partial charge in [0.2, 0.25) is 15.9 Å². The first-order valence-corrected chi connectivity index (χ1v) is 7.90. The lowest BCUT2D eigenvalue weighted by molar-refractivity contribution is 0.281. The Bertz CT molecular complexity index is 725. The third-order valence-electron chi connectivity index (χ3n) is 2.93. The van der Waals surface area contributed by atoms with Crippen molar-refractivity contribution in [3.05, 3.63) is 41.0 Å². The fourth-order valence-corrected chi connectivity index (χ4v) is 3.17. The number of nitrogens with one attached hydrogen (secondary N) is 1. The van der Waals surface area contributed by atoms with Crippen LogP contribution in [0.4, 0.5) is 0 Å². The molecular formula is C13H17N3O4S. The molecule has 0 aliphatic rings. The van der Waals surface area contributed by atoms with Gasteiger partial charge in [0.05, 0.1) is 11.5 Å². The fourth-order valence-electron chi connectivity index (χ4n) is 1.85. The van der Waals surface area contributed by atoms with E-state index < -0.39 is 10.0 Å². The second-order valence-corrected chi connectivity index (χ2v) is 6.37. The number of hydrogen-bond donors (Lipinski definition) is 2. The van der Waals surface area contributed by atoms with Crippen molar-refractivity contribution in [1.82, 2.24) is 14.9 Å². The van der Waals surface area contributed by atoms with Crippen LogP contribution in [-0.4, -0.2) is 30.2 Å². The summed E-state index contributed by atoms with van der Waals surface area (Å²) in [6.07, 6.45) is 0.343. The zero-order valence-corrected chi connectivity index (χ0v) is 12.6. The lowest BCUT2D eigenvalue weighted by Gasteiger charge is -2.10. The summed E-state index contributed by atoms with van der Waals surface area (Å²) >= 11 is 0. The van der Waals surface area contributed by atoms with Crippen LogP contribution in [0.2, 0.25) is 0 Å². The summed E-state index contributed by atoms with van der Waals surface area (Å²) < 4.78 is 31.8. The topological polar surface area (TPSA) is 105 Å². The molecule has 1 aromatic heterocycles. The molecular weight excluding hydrogens is 294 g/mol. The van der Waals surface area contributed by atoms with Gasteiger partial charge in [0.1, 0.15) is 0 Å². The number of aromatic nitrogens is 2. The van der Waals surface area contributed by atoms with Gasteiger partial charge in [-0.05, 0) is 24.1 Å². The minimum Gasteiger partial charge on any atom is -0.392 e. The van der Waals surface area contributed by atoms with Crippen molar-refractivity contribution in [2.75, 3.05) is 6.54 Å².